The fourth-order valence-corrected chi connectivity index (χ4v) is 1.24. The van der Waals surface area contributed by atoms with Crippen LogP contribution in [-0.2, 0) is 0 Å². The van der Waals surface area contributed by atoms with Crippen molar-refractivity contribution in [3.8, 4) is 0 Å². The van der Waals surface area contributed by atoms with Gasteiger partial charge < -0.3 is 10.4 Å². The quantitative estimate of drug-likeness (QED) is 0.818. The van der Waals surface area contributed by atoms with Crippen LogP contribution in [0.2, 0.25) is 0 Å². The van der Waals surface area contributed by atoms with E-state index < -0.39 is 5.97 Å². The maximum absolute atomic E-state index is 10.7. The predicted octanol–water partition coefficient (Wildman–Crippen LogP) is 1.92. The van der Waals surface area contributed by atoms with Gasteiger partial charge in [0.25, 0.3) is 0 Å². The average Bonchev–Trinajstić information content (AvgIpc) is 2.30. The minimum absolute atomic E-state index is 0.230. The molecule has 1 heterocycles. The first-order valence-electron chi connectivity index (χ1n) is 4.62. The number of nitrogens with zero attached hydrogens (tertiary/aromatic N) is 2. The molecule has 80 valence electrons. The summed E-state index contributed by atoms with van der Waals surface area (Å²) in [6, 6.07) is 6.50. The summed E-state index contributed by atoms with van der Waals surface area (Å²) in [6.07, 6.45) is 4.69. The van der Waals surface area contributed by atoms with Gasteiger partial charge in [-0.2, -0.15) is 0 Å². The first-order valence-corrected chi connectivity index (χ1v) is 4.62. The molecule has 2 aromatic rings. The number of aromatic nitrogens is 2. The molecule has 0 spiro atoms. The lowest BCUT2D eigenvalue weighted by Crippen LogP contribution is -1.98. The highest BCUT2D eigenvalue weighted by atomic mass is 16.4. The van der Waals surface area contributed by atoms with Crippen molar-refractivity contribution in [3.63, 3.8) is 0 Å². The lowest BCUT2D eigenvalue weighted by Gasteiger charge is -2.04. The standard InChI is InChI=1S/C11H9N3O2/c15-11(16)8-2-1-3-9(6-8)14-10-7-12-4-5-13-10/h1-7H,(H,13,14)(H,15,16). The van der Waals surface area contributed by atoms with Crippen LogP contribution in [0.25, 0.3) is 0 Å². The molecule has 1 aromatic heterocycles. The number of aromatic carboxylic acids is 1. The van der Waals surface area contributed by atoms with Gasteiger partial charge in [0.15, 0.2) is 0 Å². The zero-order valence-electron chi connectivity index (χ0n) is 8.29. The molecule has 5 heteroatoms. The van der Waals surface area contributed by atoms with E-state index in [0.717, 1.165) is 0 Å². The summed E-state index contributed by atoms with van der Waals surface area (Å²) in [6.45, 7) is 0. The lowest BCUT2D eigenvalue weighted by atomic mass is 10.2. The van der Waals surface area contributed by atoms with E-state index in [1.54, 1.807) is 30.7 Å². The lowest BCUT2D eigenvalue weighted by molar-refractivity contribution is 0.0697. The molecule has 0 bridgehead atoms. The first kappa shape index (κ1) is 10.1. The van der Waals surface area contributed by atoms with Crippen LogP contribution in [0.15, 0.2) is 42.9 Å². The van der Waals surface area contributed by atoms with Gasteiger partial charge >= 0.3 is 5.97 Å². The van der Waals surface area contributed by atoms with Crippen molar-refractivity contribution in [1.82, 2.24) is 9.97 Å². The summed E-state index contributed by atoms with van der Waals surface area (Å²) < 4.78 is 0. The maximum Gasteiger partial charge on any atom is 0.335 e. The predicted molar refractivity (Wildman–Crippen MR) is 58.7 cm³/mol. The van der Waals surface area contributed by atoms with Gasteiger partial charge in [-0.3, -0.25) is 4.98 Å². The van der Waals surface area contributed by atoms with Gasteiger partial charge in [-0.1, -0.05) is 6.07 Å². The van der Waals surface area contributed by atoms with Crippen LogP contribution in [0.4, 0.5) is 11.5 Å². The average molecular weight is 215 g/mol. The Hall–Kier alpha value is -2.43. The minimum atomic E-state index is -0.956. The normalized spacial score (nSPS) is 9.75. The molecule has 0 amide bonds. The Morgan fingerprint density at radius 2 is 2.19 bits per heavy atom. The van der Waals surface area contributed by atoms with Gasteiger partial charge in [-0.15, -0.1) is 0 Å². The maximum atomic E-state index is 10.7. The summed E-state index contributed by atoms with van der Waals surface area (Å²) in [5.74, 6) is -0.382. The first-order chi connectivity index (χ1) is 7.75. The number of hydrogen-bond acceptors (Lipinski definition) is 4. The second-order valence-electron chi connectivity index (χ2n) is 3.10. The number of anilines is 2. The zero-order valence-corrected chi connectivity index (χ0v) is 8.29. The van der Waals surface area contributed by atoms with Crippen molar-refractivity contribution in [3.05, 3.63) is 48.4 Å². The topological polar surface area (TPSA) is 75.1 Å². The smallest absolute Gasteiger partial charge is 0.335 e. The summed E-state index contributed by atoms with van der Waals surface area (Å²) in [4.78, 5) is 18.7. The Morgan fingerprint density at radius 3 is 2.88 bits per heavy atom. The molecular formula is C11H9N3O2. The van der Waals surface area contributed by atoms with Gasteiger partial charge in [0.1, 0.15) is 5.82 Å². The highest BCUT2D eigenvalue weighted by Crippen LogP contribution is 2.14. The summed E-state index contributed by atoms with van der Waals surface area (Å²) in [5.41, 5.74) is 0.897. The van der Waals surface area contributed by atoms with Crippen molar-refractivity contribution in [2.24, 2.45) is 0 Å². The molecule has 0 aliphatic heterocycles. The van der Waals surface area contributed by atoms with E-state index in [-0.39, 0.29) is 5.56 Å². The van der Waals surface area contributed by atoms with Crippen molar-refractivity contribution in [2.45, 2.75) is 0 Å². The molecular weight excluding hydrogens is 206 g/mol. The summed E-state index contributed by atoms with van der Waals surface area (Å²) >= 11 is 0. The molecule has 0 saturated heterocycles. The number of benzene rings is 1. The fraction of sp³-hybridized carbons (Fsp3) is 0. The summed E-state index contributed by atoms with van der Waals surface area (Å²) in [5, 5.41) is 11.8. The second-order valence-corrected chi connectivity index (χ2v) is 3.10. The van der Waals surface area contributed by atoms with Crippen LogP contribution in [-0.4, -0.2) is 21.0 Å². The van der Waals surface area contributed by atoms with Crippen LogP contribution in [0.1, 0.15) is 10.4 Å². The van der Waals surface area contributed by atoms with E-state index in [0.29, 0.717) is 11.5 Å². The molecule has 0 atom stereocenters. The number of rotatable bonds is 3. The highest BCUT2D eigenvalue weighted by molar-refractivity contribution is 5.89. The van der Waals surface area contributed by atoms with Crippen molar-refractivity contribution >= 4 is 17.5 Å². The number of carboxylic acid groups (broad SMARTS) is 1. The summed E-state index contributed by atoms with van der Waals surface area (Å²) in [7, 11) is 0. The number of hydrogen-bond donors (Lipinski definition) is 2. The monoisotopic (exact) mass is 215 g/mol. The van der Waals surface area contributed by atoms with E-state index in [1.807, 2.05) is 0 Å². The Balaban J connectivity index is 2.22. The largest absolute Gasteiger partial charge is 0.478 e. The Kier molecular flexibility index (Phi) is 2.77. The number of nitrogens with one attached hydrogen (secondary N) is 1. The zero-order chi connectivity index (χ0) is 11.4. The number of carbonyl (C=O) groups is 1. The fourth-order valence-electron chi connectivity index (χ4n) is 1.24. The highest BCUT2D eigenvalue weighted by Gasteiger charge is 2.03. The molecule has 2 rings (SSSR count). The molecule has 0 aliphatic rings. The molecule has 5 nitrogen and oxygen atoms in total. The molecule has 2 N–H and O–H groups in total. The third-order valence-electron chi connectivity index (χ3n) is 1.95. The van der Waals surface area contributed by atoms with Crippen molar-refractivity contribution in [2.75, 3.05) is 5.32 Å². The Labute approximate surface area is 91.8 Å². The van der Waals surface area contributed by atoms with Crippen molar-refractivity contribution < 1.29 is 9.90 Å². The van der Waals surface area contributed by atoms with Gasteiger partial charge in [0, 0.05) is 18.1 Å². The second kappa shape index (κ2) is 4.39. The van der Waals surface area contributed by atoms with E-state index >= 15 is 0 Å². The van der Waals surface area contributed by atoms with Gasteiger partial charge in [0.05, 0.1) is 11.8 Å². The molecule has 0 saturated carbocycles. The van der Waals surface area contributed by atoms with Crippen LogP contribution < -0.4 is 5.32 Å². The van der Waals surface area contributed by atoms with Crippen LogP contribution in [0, 0.1) is 0 Å². The molecule has 16 heavy (non-hydrogen) atoms. The van der Waals surface area contributed by atoms with Crippen molar-refractivity contribution in [1.29, 1.82) is 0 Å². The Morgan fingerprint density at radius 1 is 1.31 bits per heavy atom. The van der Waals surface area contributed by atoms with Gasteiger partial charge in [0.2, 0.25) is 0 Å². The van der Waals surface area contributed by atoms with E-state index in [2.05, 4.69) is 15.3 Å². The third kappa shape index (κ3) is 2.33. The van der Waals surface area contributed by atoms with Gasteiger partial charge in [-0.05, 0) is 18.2 Å². The van der Waals surface area contributed by atoms with Crippen LogP contribution in [0.3, 0.4) is 0 Å². The molecule has 0 fully saturated rings. The Bertz CT molecular complexity index is 500. The van der Waals surface area contributed by atoms with Crippen LogP contribution in [0.5, 0.6) is 0 Å². The molecule has 1 aromatic carbocycles. The van der Waals surface area contributed by atoms with E-state index in [1.165, 1.54) is 12.1 Å². The number of carboxylic acids is 1. The minimum Gasteiger partial charge on any atom is -0.478 e. The molecule has 0 aliphatic carbocycles. The molecule has 0 unspecified atom stereocenters. The third-order valence-corrected chi connectivity index (χ3v) is 1.95. The van der Waals surface area contributed by atoms with Crippen LogP contribution >= 0.6 is 0 Å². The van der Waals surface area contributed by atoms with Gasteiger partial charge in [-0.25, -0.2) is 9.78 Å². The molecule has 0 radical (unpaired) electrons. The SMILES string of the molecule is O=C(O)c1cccc(Nc2cnccn2)c1. The van der Waals surface area contributed by atoms with E-state index in [4.69, 9.17) is 5.11 Å². The van der Waals surface area contributed by atoms with E-state index in [9.17, 15) is 4.79 Å².